The van der Waals surface area contributed by atoms with Gasteiger partial charge in [0.25, 0.3) is 0 Å². The van der Waals surface area contributed by atoms with Gasteiger partial charge in [-0.3, -0.25) is 0 Å². The van der Waals surface area contributed by atoms with Crippen molar-refractivity contribution in [1.82, 2.24) is 5.01 Å². The third-order valence-corrected chi connectivity index (χ3v) is 2.14. The molecule has 1 fully saturated rings. The highest BCUT2D eigenvalue weighted by Crippen LogP contribution is 2.30. The minimum Gasteiger partial charge on any atom is -0.376 e. The molecule has 4 heteroatoms. The van der Waals surface area contributed by atoms with Gasteiger partial charge in [0.05, 0.1) is 29.6 Å². The minimum absolute atomic E-state index is 0.288. The molecule has 0 unspecified atom stereocenters. The predicted molar refractivity (Wildman–Crippen MR) is 46.6 cm³/mol. The van der Waals surface area contributed by atoms with E-state index in [4.69, 9.17) is 4.74 Å². The van der Waals surface area contributed by atoms with Crippen molar-refractivity contribution in [3.8, 4) is 0 Å². The molecule has 1 heterocycles. The van der Waals surface area contributed by atoms with Gasteiger partial charge < -0.3 is 4.74 Å². The Hall–Kier alpha value is -0.640. The van der Waals surface area contributed by atoms with Crippen molar-refractivity contribution >= 4 is 0 Å². The summed E-state index contributed by atoms with van der Waals surface area (Å²) >= 11 is 0. The van der Waals surface area contributed by atoms with E-state index in [1.165, 1.54) is 0 Å². The minimum atomic E-state index is -0.288. The fraction of sp³-hybridized carbons (Fsp3) is 1.00. The molecule has 0 aromatic heterocycles. The number of nitroso groups, excluding NO2 is 1. The quantitative estimate of drug-likeness (QED) is 0.563. The van der Waals surface area contributed by atoms with E-state index in [0.717, 1.165) is 0 Å². The van der Waals surface area contributed by atoms with Crippen LogP contribution in [0.15, 0.2) is 5.29 Å². The number of rotatable bonds is 1. The standard InChI is InChI=1S/C8H16N2O2/c1-7(2)5-12-6-8(3,4)10(7)9-11/h5-6H2,1-4H3. The van der Waals surface area contributed by atoms with E-state index in [-0.39, 0.29) is 11.1 Å². The molecular weight excluding hydrogens is 156 g/mol. The lowest BCUT2D eigenvalue weighted by molar-refractivity contribution is -0.127. The molecule has 1 aliphatic heterocycles. The molecule has 70 valence electrons. The summed E-state index contributed by atoms with van der Waals surface area (Å²) in [5.74, 6) is 0. The van der Waals surface area contributed by atoms with Gasteiger partial charge in [-0.25, -0.2) is 5.01 Å². The average Bonchev–Trinajstić information content (AvgIpc) is 1.83. The van der Waals surface area contributed by atoms with Crippen LogP contribution in [-0.2, 0) is 4.74 Å². The molecular formula is C8H16N2O2. The zero-order valence-corrected chi connectivity index (χ0v) is 8.13. The summed E-state index contributed by atoms with van der Waals surface area (Å²) in [6.07, 6.45) is 0. The number of hydrogen-bond donors (Lipinski definition) is 0. The Morgan fingerprint density at radius 2 is 1.58 bits per heavy atom. The molecule has 0 aromatic carbocycles. The summed E-state index contributed by atoms with van der Waals surface area (Å²) in [6.45, 7) is 8.93. The van der Waals surface area contributed by atoms with Crippen LogP contribution in [0.1, 0.15) is 27.7 Å². The molecule has 0 radical (unpaired) electrons. The maximum Gasteiger partial charge on any atom is 0.0795 e. The van der Waals surface area contributed by atoms with E-state index in [2.05, 4.69) is 5.29 Å². The van der Waals surface area contributed by atoms with Crippen LogP contribution in [0.5, 0.6) is 0 Å². The van der Waals surface area contributed by atoms with Crippen LogP contribution in [0, 0.1) is 4.91 Å². The lowest BCUT2D eigenvalue weighted by Gasteiger charge is -2.48. The van der Waals surface area contributed by atoms with Crippen LogP contribution in [0.2, 0.25) is 0 Å². The van der Waals surface area contributed by atoms with Gasteiger partial charge in [0.15, 0.2) is 0 Å². The second kappa shape index (κ2) is 2.69. The normalized spacial score (nSPS) is 26.8. The van der Waals surface area contributed by atoms with Gasteiger partial charge in [0.2, 0.25) is 0 Å². The van der Waals surface area contributed by atoms with Gasteiger partial charge in [-0.1, -0.05) is 0 Å². The predicted octanol–water partition coefficient (Wildman–Crippen LogP) is 1.56. The van der Waals surface area contributed by atoms with Crippen molar-refractivity contribution < 1.29 is 4.74 Å². The molecule has 0 saturated carbocycles. The van der Waals surface area contributed by atoms with Gasteiger partial charge in [-0.2, -0.15) is 0 Å². The van der Waals surface area contributed by atoms with Crippen LogP contribution < -0.4 is 0 Å². The number of ether oxygens (including phenoxy) is 1. The highest BCUT2D eigenvalue weighted by molar-refractivity contribution is 4.93. The summed E-state index contributed by atoms with van der Waals surface area (Å²) in [7, 11) is 0. The average molecular weight is 172 g/mol. The molecule has 0 aliphatic carbocycles. The van der Waals surface area contributed by atoms with E-state index in [9.17, 15) is 4.91 Å². The number of morpholine rings is 1. The molecule has 0 spiro atoms. The SMILES string of the molecule is CC1(C)COCC(C)(C)N1N=O. The van der Waals surface area contributed by atoms with Crippen LogP contribution in [0.3, 0.4) is 0 Å². The van der Waals surface area contributed by atoms with E-state index in [1.807, 2.05) is 27.7 Å². The maximum absolute atomic E-state index is 10.6. The summed E-state index contributed by atoms with van der Waals surface area (Å²) in [5, 5.41) is 4.64. The Balaban J connectivity index is 2.88. The first kappa shape index (κ1) is 9.45. The maximum atomic E-state index is 10.6. The van der Waals surface area contributed by atoms with E-state index < -0.39 is 0 Å². The zero-order chi connectivity index (χ0) is 9.41. The first-order chi connectivity index (χ1) is 5.40. The Morgan fingerprint density at radius 1 is 1.17 bits per heavy atom. The van der Waals surface area contributed by atoms with Gasteiger partial charge in [-0.15, -0.1) is 4.91 Å². The Bertz CT molecular complexity index is 173. The first-order valence-electron chi connectivity index (χ1n) is 4.11. The Kier molecular flexibility index (Phi) is 2.12. The molecule has 4 nitrogen and oxygen atoms in total. The highest BCUT2D eigenvalue weighted by Gasteiger charge is 2.42. The summed E-state index contributed by atoms with van der Waals surface area (Å²) in [6, 6.07) is 0. The summed E-state index contributed by atoms with van der Waals surface area (Å²) in [4.78, 5) is 10.6. The van der Waals surface area contributed by atoms with Crippen molar-refractivity contribution in [3.05, 3.63) is 4.91 Å². The number of hydrogen-bond acceptors (Lipinski definition) is 3. The fourth-order valence-corrected chi connectivity index (χ4v) is 1.71. The molecule has 12 heavy (non-hydrogen) atoms. The summed E-state index contributed by atoms with van der Waals surface area (Å²) < 4.78 is 5.39. The second-order valence-corrected chi connectivity index (χ2v) is 4.51. The van der Waals surface area contributed by atoms with Crippen molar-refractivity contribution in [1.29, 1.82) is 0 Å². The van der Waals surface area contributed by atoms with E-state index >= 15 is 0 Å². The Labute approximate surface area is 72.8 Å². The molecule has 0 bridgehead atoms. The van der Waals surface area contributed by atoms with E-state index in [1.54, 1.807) is 5.01 Å². The Morgan fingerprint density at radius 3 is 1.83 bits per heavy atom. The van der Waals surface area contributed by atoms with E-state index in [0.29, 0.717) is 13.2 Å². The molecule has 0 aromatic rings. The lowest BCUT2D eigenvalue weighted by Crippen LogP contribution is -2.60. The van der Waals surface area contributed by atoms with Gasteiger partial charge in [0.1, 0.15) is 0 Å². The molecule has 0 N–H and O–H groups in total. The van der Waals surface area contributed by atoms with Crippen molar-refractivity contribution in [3.63, 3.8) is 0 Å². The zero-order valence-electron chi connectivity index (χ0n) is 8.13. The van der Waals surface area contributed by atoms with Crippen LogP contribution in [0.25, 0.3) is 0 Å². The molecule has 1 rings (SSSR count). The van der Waals surface area contributed by atoms with Crippen LogP contribution in [0.4, 0.5) is 0 Å². The van der Waals surface area contributed by atoms with Crippen LogP contribution in [-0.4, -0.2) is 29.3 Å². The monoisotopic (exact) mass is 172 g/mol. The first-order valence-corrected chi connectivity index (χ1v) is 4.11. The van der Waals surface area contributed by atoms with Gasteiger partial charge in [0, 0.05) is 0 Å². The third-order valence-electron chi connectivity index (χ3n) is 2.14. The van der Waals surface area contributed by atoms with Gasteiger partial charge in [-0.05, 0) is 27.7 Å². The van der Waals surface area contributed by atoms with Crippen LogP contribution >= 0.6 is 0 Å². The van der Waals surface area contributed by atoms with Gasteiger partial charge >= 0.3 is 0 Å². The molecule has 0 atom stereocenters. The largest absolute Gasteiger partial charge is 0.376 e. The molecule has 0 amide bonds. The number of nitrogens with zero attached hydrogens (tertiary/aromatic N) is 2. The molecule has 1 saturated heterocycles. The van der Waals surface area contributed by atoms with Crippen molar-refractivity contribution in [2.24, 2.45) is 5.29 Å². The second-order valence-electron chi connectivity index (χ2n) is 4.51. The summed E-state index contributed by atoms with van der Waals surface area (Å²) in [5.41, 5.74) is -0.576. The highest BCUT2D eigenvalue weighted by atomic mass is 16.5. The topological polar surface area (TPSA) is 41.9 Å². The van der Waals surface area contributed by atoms with Crippen molar-refractivity contribution in [2.45, 2.75) is 38.8 Å². The van der Waals surface area contributed by atoms with Crippen molar-refractivity contribution in [2.75, 3.05) is 13.2 Å². The molecule has 1 aliphatic rings. The lowest BCUT2D eigenvalue weighted by atomic mass is 9.95. The smallest absolute Gasteiger partial charge is 0.0795 e. The fourth-order valence-electron chi connectivity index (χ4n) is 1.71. The third kappa shape index (κ3) is 1.43.